The molecule has 0 saturated carbocycles. The van der Waals surface area contributed by atoms with E-state index in [9.17, 15) is 28.2 Å². The minimum atomic E-state index is -4.68. The summed E-state index contributed by atoms with van der Waals surface area (Å²) in [5, 5.41) is 19.2. The maximum absolute atomic E-state index is 12.7. The fourth-order valence-electron chi connectivity index (χ4n) is 2.46. The van der Waals surface area contributed by atoms with Crippen LogP contribution in [0.25, 0.3) is 0 Å². The van der Waals surface area contributed by atoms with E-state index < -0.39 is 24.6 Å². The van der Waals surface area contributed by atoms with Gasteiger partial charge in [-0.2, -0.15) is 13.2 Å². The molecule has 1 amide bonds. The molecule has 0 aromatic heterocycles. The molecule has 1 saturated heterocycles. The lowest BCUT2D eigenvalue weighted by Gasteiger charge is -2.39. The summed E-state index contributed by atoms with van der Waals surface area (Å²) in [5.41, 5.74) is -1.42. The Morgan fingerprint density at radius 1 is 1.32 bits per heavy atom. The second-order valence-corrected chi connectivity index (χ2v) is 5.71. The van der Waals surface area contributed by atoms with Crippen molar-refractivity contribution in [3.05, 3.63) is 29.3 Å². The number of phenols is 1. The normalized spacial score (nSPS) is 18.3. The third kappa shape index (κ3) is 3.35. The molecule has 1 aliphatic rings. The number of aliphatic hydroxyl groups is 1. The van der Waals surface area contributed by atoms with E-state index in [-0.39, 0.29) is 31.2 Å². The number of rotatable bonds is 2. The van der Waals surface area contributed by atoms with Gasteiger partial charge in [-0.3, -0.25) is 4.79 Å². The highest BCUT2D eigenvalue weighted by Crippen LogP contribution is 2.38. The van der Waals surface area contributed by atoms with Crippen LogP contribution in [0.15, 0.2) is 18.2 Å². The molecule has 0 unspecified atom stereocenters. The van der Waals surface area contributed by atoms with Crippen LogP contribution in [0.4, 0.5) is 13.2 Å². The van der Waals surface area contributed by atoms with Crippen LogP contribution in [0.1, 0.15) is 24.0 Å². The van der Waals surface area contributed by atoms with Gasteiger partial charge in [-0.05, 0) is 24.1 Å². The Balaban J connectivity index is 1.97. The van der Waals surface area contributed by atoms with E-state index in [1.807, 2.05) is 0 Å². The third-order valence-corrected chi connectivity index (χ3v) is 4.10. The molecule has 22 heavy (non-hydrogen) atoms. The second-order valence-electron chi connectivity index (χ2n) is 5.71. The number of amides is 1. The predicted molar refractivity (Wildman–Crippen MR) is 73.4 cm³/mol. The van der Waals surface area contributed by atoms with Crippen LogP contribution in [0.3, 0.4) is 0 Å². The number of alkyl halides is 3. The average molecular weight is 317 g/mol. The SMILES string of the molecule is Cc1ccc(CC(=O)N2CCC(O)(C(F)(F)F)CC2)cc1O. The maximum Gasteiger partial charge on any atom is 0.417 e. The molecule has 0 bridgehead atoms. The minimum absolute atomic E-state index is 0.0122. The zero-order chi connectivity index (χ0) is 16.5. The van der Waals surface area contributed by atoms with Gasteiger partial charge >= 0.3 is 6.18 Å². The molecule has 0 atom stereocenters. The zero-order valence-corrected chi connectivity index (χ0v) is 12.2. The number of nitrogens with zero attached hydrogens (tertiary/aromatic N) is 1. The Kier molecular flexibility index (Phi) is 4.37. The van der Waals surface area contributed by atoms with Crippen molar-refractivity contribution < 1.29 is 28.2 Å². The largest absolute Gasteiger partial charge is 0.508 e. The van der Waals surface area contributed by atoms with Crippen molar-refractivity contribution in [2.24, 2.45) is 0 Å². The molecule has 4 nitrogen and oxygen atoms in total. The maximum atomic E-state index is 12.7. The quantitative estimate of drug-likeness (QED) is 0.879. The molecule has 1 fully saturated rings. The summed E-state index contributed by atoms with van der Waals surface area (Å²) in [4.78, 5) is 13.4. The first-order chi connectivity index (χ1) is 10.1. The number of benzene rings is 1. The molecule has 1 heterocycles. The Bertz CT molecular complexity index is 564. The Morgan fingerprint density at radius 2 is 1.91 bits per heavy atom. The lowest BCUT2D eigenvalue weighted by atomic mass is 9.90. The highest BCUT2D eigenvalue weighted by Gasteiger charge is 2.54. The smallest absolute Gasteiger partial charge is 0.417 e. The Hall–Kier alpha value is -1.76. The van der Waals surface area contributed by atoms with E-state index in [0.29, 0.717) is 11.1 Å². The van der Waals surface area contributed by atoms with Gasteiger partial charge in [-0.25, -0.2) is 0 Å². The number of phenolic OH excluding ortho intramolecular Hbond substituents is 1. The number of carbonyl (C=O) groups excluding carboxylic acids is 1. The van der Waals surface area contributed by atoms with Crippen molar-refractivity contribution in [1.82, 2.24) is 4.90 Å². The number of piperidine rings is 1. The highest BCUT2D eigenvalue weighted by atomic mass is 19.4. The first kappa shape index (κ1) is 16.6. The van der Waals surface area contributed by atoms with Crippen molar-refractivity contribution in [2.45, 2.75) is 38.0 Å². The van der Waals surface area contributed by atoms with E-state index in [2.05, 4.69) is 0 Å². The van der Waals surface area contributed by atoms with Crippen LogP contribution in [-0.2, 0) is 11.2 Å². The number of hydrogen-bond acceptors (Lipinski definition) is 3. The van der Waals surface area contributed by atoms with Crippen LogP contribution >= 0.6 is 0 Å². The standard InChI is InChI=1S/C15H18F3NO3/c1-10-2-3-11(8-12(10)20)9-13(21)19-6-4-14(22,5-7-19)15(16,17)18/h2-3,8,20,22H,4-7,9H2,1H3. The van der Waals surface area contributed by atoms with Crippen molar-refractivity contribution in [1.29, 1.82) is 0 Å². The van der Waals surface area contributed by atoms with Gasteiger partial charge in [-0.15, -0.1) is 0 Å². The summed E-state index contributed by atoms with van der Waals surface area (Å²) >= 11 is 0. The topological polar surface area (TPSA) is 60.8 Å². The monoisotopic (exact) mass is 317 g/mol. The van der Waals surface area contributed by atoms with Crippen molar-refractivity contribution >= 4 is 5.91 Å². The molecule has 1 aliphatic heterocycles. The molecule has 1 aromatic rings. The van der Waals surface area contributed by atoms with E-state index in [0.717, 1.165) is 0 Å². The van der Waals surface area contributed by atoms with Crippen LogP contribution in [0, 0.1) is 6.92 Å². The van der Waals surface area contributed by atoms with Crippen LogP contribution in [0.5, 0.6) is 5.75 Å². The second kappa shape index (κ2) is 5.79. The molecule has 1 aromatic carbocycles. The molecular weight excluding hydrogens is 299 g/mol. The summed E-state index contributed by atoms with van der Waals surface area (Å²) < 4.78 is 38.1. The predicted octanol–water partition coefficient (Wildman–Crippen LogP) is 2.16. The van der Waals surface area contributed by atoms with Gasteiger partial charge in [0.15, 0.2) is 5.60 Å². The summed E-state index contributed by atoms with van der Waals surface area (Å²) in [7, 11) is 0. The number of hydrogen-bond donors (Lipinski definition) is 2. The molecule has 2 N–H and O–H groups in total. The molecule has 0 radical (unpaired) electrons. The van der Waals surface area contributed by atoms with Crippen molar-refractivity contribution in [3.8, 4) is 5.75 Å². The number of likely N-dealkylation sites (tertiary alicyclic amines) is 1. The van der Waals surface area contributed by atoms with E-state index in [1.165, 1.54) is 11.0 Å². The molecule has 7 heteroatoms. The van der Waals surface area contributed by atoms with Crippen molar-refractivity contribution in [3.63, 3.8) is 0 Å². The van der Waals surface area contributed by atoms with Gasteiger partial charge < -0.3 is 15.1 Å². The van der Waals surface area contributed by atoms with E-state index >= 15 is 0 Å². The summed E-state index contributed by atoms with van der Waals surface area (Å²) in [6.45, 7) is 1.46. The van der Waals surface area contributed by atoms with Gasteiger partial charge in [0.2, 0.25) is 5.91 Å². The summed E-state index contributed by atoms with van der Waals surface area (Å²) in [5.74, 6) is -0.233. The highest BCUT2D eigenvalue weighted by molar-refractivity contribution is 5.79. The molecule has 0 aliphatic carbocycles. The Labute approximate surface area is 126 Å². The van der Waals surface area contributed by atoms with Gasteiger partial charge in [0.1, 0.15) is 5.75 Å². The molecular formula is C15H18F3NO3. The van der Waals surface area contributed by atoms with Gasteiger partial charge in [0, 0.05) is 25.9 Å². The lowest BCUT2D eigenvalue weighted by Crippen LogP contribution is -2.54. The molecule has 122 valence electrons. The third-order valence-electron chi connectivity index (χ3n) is 4.10. The fourth-order valence-corrected chi connectivity index (χ4v) is 2.46. The minimum Gasteiger partial charge on any atom is -0.508 e. The van der Waals surface area contributed by atoms with Gasteiger partial charge in [0.05, 0.1) is 6.42 Å². The first-order valence-electron chi connectivity index (χ1n) is 6.98. The van der Waals surface area contributed by atoms with Crippen LogP contribution in [-0.4, -0.2) is 45.9 Å². The molecule has 0 spiro atoms. The molecule has 2 rings (SSSR count). The number of aromatic hydroxyl groups is 1. The number of carbonyl (C=O) groups is 1. The van der Waals surface area contributed by atoms with Crippen LogP contribution in [0.2, 0.25) is 0 Å². The fraction of sp³-hybridized carbons (Fsp3) is 0.533. The van der Waals surface area contributed by atoms with E-state index in [1.54, 1.807) is 19.1 Å². The summed E-state index contributed by atoms with van der Waals surface area (Å²) in [6.07, 6.45) is -5.69. The average Bonchev–Trinajstić information content (AvgIpc) is 2.42. The van der Waals surface area contributed by atoms with Gasteiger partial charge in [-0.1, -0.05) is 12.1 Å². The number of halogens is 3. The first-order valence-corrected chi connectivity index (χ1v) is 6.98. The summed E-state index contributed by atoms with van der Waals surface area (Å²) in [6, 6.07) is 4.85. The van der Waals surface area contributed by atoms with Crippen LogP contribution < -0.4 is 0 Å². The zero-order valence-electron chi connectivity index (χ0n) is 12.2. The lowest BCUT2D eigenvalue weighted by molar-refractivity contribution is -0.272. The number of aryl methyl sites for hydroxylation is 1. The van der Waals surface area contributed by atoms with E-state index in [4.69, 9.17) is 0 Å². The Morgan fingerprint density at radius 3 is 2.41 bits per heavy atom. The van der Waals surface area contributed by atoms with Gasteiger partial charge in [0.25, 0.3) is 0 Å². The van der Waals surface area contributed by atoms with Crippen molar-refractivity contribution in [2.75, 3.05) is 13.1 Å².